The van der Waals surface area contributed by atoms with Crippen LogP contribution < -0.4 is 15.4 Å². The Morgan fingerprint density at radius 3 is 3.00 bits per heavy atom. The molecule has 0 spiro atoms. The van der Waals surface area contributed by atoms with E-state index in [-0.39, 0.29) is 5.54 Å². The molecule has 0 radical (unpaired) electrons. The minimum absolute atomic E-state index is 0.211. The zero-order valence-corrected chi connectivity index (χ0v) is 10.6. The van der Waals surface area contributed by atoms with E-state index in [0.29, 0.717) is 6.61 Å². The first-order valence-corrected chi connectivity index (χ1v) is 6.60. The Labute approximate surface area is 108 Å². The number of benzene rings is 1. The molecule has 3 rings (SSSR count). The first-order chi connectivity index (χ1) is 8.77. The van der Waals surface area contributed by atoms with Crippen molar-refractivity contribution in [1.82, 2.24) is 0 Å². The molecule has 2 heterocycles. The van der Waals surface area contributed by atoms with Gasteiger partial charge in [0.1, 0.15) is 5.75 Å². The fourth-order valence-corrected chi connectivity index (χ4v) is 2.69. The van der Waals surface area contributed by atoms with Gasteiger partial charge in [-0.2, -0.15) is 0 Å². The molecule has 0 bridgehead atoms. The van der Waals surface area contributed by atoms with Crippen LogP contribution in [0.1, 0.15) is 12.8 Å². The third kappa shape index (κ3) is 2.31. The number of rotatable bonds is 2. The summed E-state index contributed by atoms with van der Waals surface area (Å²) in [5.74, 6) is 0.970. The van der Waals surface area contributed by atoms with Crippen molar-refractivity contribution in [2.24, 2.45) is 5.73 Å². The SMILES string of the molecule is NC1(CN2CCCOc3ccccc32)CCOC1. The van der Waals surface area contributed by atoms with Crippen LogP contribution in [0.2, 0.25) is 0 Å². The summed E-state index contributed by atoms with van der Waals surface area (Å²) >= 11 is 0. The second-order valence-corrected chi connectivity index (χ2v) is 5.26. The molecule has 0 amide bonds. The van der Waals surface area contributed by atoms with Crippen LogP contribution in [0.25, 0.3) is 0 Å². The number of hydrogen-bond donors (Lipinski definition) is 1. The lowest BCUT2D eigenvalue weighted by Gasteiger charge is -2.32. The number of anilines is 1. The van der Waals surface area contributed by atoms with Gasteiger partial charge < -0.3 is 20.1 Å². The molecule has 0 saturated carbocycles. The standard InChI is InChI=1S/C14H20N2O2/c15-14(6-9-17-11-14)10-16-7-3-8-18-13-5-2-1-4-12(13)16/h1-2,4-5H,3,6-11,15H2. The molecule has 4 heteroatoms. The highest BCUT2D eigenvalue weighted by atomic mass is 16.5. The quantitative estimate of drug-likeness (QED) is 0.859. The van der Waals surface area contributed by atoms with Crippen LogP contribution in [-0.4, -0.2) is 38.4 Å². The van der Waals surface area contributed by atoms with Gasteiger partial charge in [-0.25, -0.2) is 0 Å². The molecule has 0 aliphatic carbocycles. The van der Waals surface area contributed by atoms with Crippen LogP contribution in [0.15, 0.2) is 24.3 Å². The summed E-state index contributed by atoms with van der Waals surface area (Å²) in [6, 6.07) is 8.20. The van der Waals surface area contributed by atoms with Crippen LogP contribution in [0.4, 0.5) is 5.69 Å². The maximum absolute atomic E-state index is 6.39. The zero-order valence-electron chi connectivity index (χ0n) is 10.6. The highest BCUT2D eigenvalue weighted by molar-refractivity contribution is 5.59. The Morgan fingerprint density at radius 2 is 2.17 bits per heavy atom. The van der Waals surface area contributed by atoms with Gasteiger partial charge in [-0.1, -0.05) is 12.1 Å². The first-order valence-electron chi connectivity index (χ1n) is 6.60. The summed E-state index contributed by atoms with van der Waals surface area (Å²) < 4.78 is 11.2. The lowest BCUT2D eigenvalue weighted by Crippen LogP contribution is -2.51. The third-order valence-electron chi connectivity index (χ3n) is 3.68. The van der Waals surface area contributed by atoms with Crippen LogP contribution in [0.3, 0.4) is 0 Å². The smallest absolute Gasteiger partial charge is 0.142 e. The predicted molar refractivity (Wildman–Crippen MR) is 71.1 cm³/mol. The minimum atomic E-state index is -0.211. The molecule has 1 aromatic carbocycles. The topological polar surface area (TPSA) is 47.7 Å². The Hall–Kier alpha value is -1.26. The van der Waals surface area contributed by atoms with Crippen molar-refractivity contribution < 1.29 is 9.47 Å². The number of fused-ring (bicyclic) bond motifs is 1. The van der Waals surface area contributed by atoms with Gasteiger partial charge in [0, 0.05) is 19.7 Å². The van der Waals surface area contributed by atoms with Gasteiger partial charge in [-0.15, -0.1) is 0 Å². The van der Waals surface area contributed by atoms with Crippen LogP contribution in [0, 0.1) is 0 Å². The summed E-state index contributed by atoms with van der Waals surface area (Å²) in [6.07, 6.45) is 1.97. The maximum Gasteiger partial charge on any atom is 0.142 e. The van der Waals surface area contributed by atoms with E-state index in [1.54, 1.807) is 0 Å². The number of hydrogen-bond acceptors (Lipinski definition) is 4. The van der Waals surface area contributed by atoms with Crippen LogP contribution in [0.5, 0.6) is 5.75 Å². The molecule has 2 aliphatic heterocycles. The highest BCUT2D eigenvalue weighted by Gasteiger charge is 2.33. The number of ether oxygens (including phenoxy) is 2. The molecule has 0 aromatic heterocycles. The molecule has 1 unspecified atom stereocenters. The van der Waals surface area contributed by atoms with E-state index in [1.165, 1.54) is 0 Å². The molecular formula is C14H20N2O2. The summed E-state index contributed by atoms with van der Waals surface area (Å²) in [5.41, 5.74) is 7.34. The summed E-state index contributed by atoms with van der Waals surface area (Å²) in [4.78, 5) is 2.34. The normalized spacial score (nSPS) is 27.5. The Morgan fingerprint density at radius 1 is 1.28 bits per heavy atom. The number of nitrogens with zero attached hydrogens (tertiary/aromatic N) is 1. The van der Waals surface area contributed by atoms with E-state index in [9.17, 15) is 0 Å². The Bertz CT molecular complexity index is 416. The Balaban J connectivity index is 1.83. The fraction of sp³-hybridized carbons (Fsp3) is 0.571. The molecule has 2 aliphatic rings. The van der Waals surface area contributed by atoms with E-state index >= 15 is 0 Å². The molecule has 18 heavy (non-hydrogen) atoms. The molecule has 4 nitrogen and oxygen atoms in total. The summed E-state index contributed by atoms with van der Waals surface area (Å²) in [5, 5.41) is 0. The molecule has 98 valence electrons. The zero-order chi connectivity index (χ0) is 12.4. The molecule has 1 aromatic rings. The van der Waals surface area contributed by atoms with Gasteiger partial charge in [-0.05, 0) is 25.0 Å². The number of para-hydroxylation sites is 2. The molecule has 2 N–H and O–H groups in total. The van der Waals surface area contributed by atoms with E-state index in [2.05, 4.69) is 17.0 Å². The molecular weight excluding hydrogens is 228 g/mol. The van der Waals surface area contributed by atoms with Crippen molar-refractivity contribution in [3.05, 3.63) is 24.3 Å². The maximum atomic E-state index is 6.39. The van der Waals surface area contributed by atoms with Gasteiger partial charge >= 0.3 is 0 Å². The fourth-order valence-electron chi connectivity index (χ4n) is 2.69. The van der Waals surface area contributed by atoms with Crippen molar-refractivity contribution in [3.8, 4) is 5.75 Å². The highest BCUT2D eigenvalue weighted by Crippen LogP contribution is 2.32. The van der Waals surface area contributed by atoms with Gasteiger partial charge in [-0.3, -0.25) is 0 Å². The average molecular weight is 248 g/mol. The van der Waals surface area contributed by atoms with Crippen molar-refractivity contribution in [2.45, 2.75) is 18.4 Å². The van der Waals surface area contributed by atoms with E-state index < -0.39 is 0 Å². The van der Waals surface area contributed by atoms with Crippen molar-refractivity contribution in [2.75, 3.05) is 37.8 Å². The van der Waals surface area contributed by atoms with Crippen molar-refractivity contribution in [1.29, 1.82) is 0 Å². The van der Waals surface area contributed by atoms with Crippen molar-refractivity contribution >= 4 is 5.69 Å². The van der Waals surface area contributed by atoms with Gasteiger partial charge in [0.25, 0.3) is 0 Å². The summed E-state index contributed by atoms with van der Waals surface area (Å²) in [7, 11) is 0. The third-order valence-corrected chi connectivity index (χ3v) is 3.68. The van der Waals surface area contributed by atoms with Crippen LogP contribution >= 0.6 is 0 Å². The molecule has 1 saturated heterocycles. The predicted octanol–water partition coefficient (Wildman–Crippen LogP) is 1.39. The number of nitrogens with two attached hydrogens (primary N) is 1. The second-order valence-electron chi connectivity index (χ2n) is 5.26. The molecule has 1 fully saturated rings. The van der Waals surface area contributed by atoms with Gasteiger partial charge in [0.2, 0.25) is 0 Å². The minimum Gasteiger partial charge on any atom is -0.491 e. The van der Waals surface area contributed by atoms with Gasteiger partial charge in [0.15, 0.2) is 0 Å². The lowest BCUT2D eigenvalue weighted by atomic mass is 9.99. The molecule has 1 atom stereocenters. The van der Waals surface area contributed by atoms with Crippen LogP contribution in [-0.2, 0) is 4.74 Å². The van der Waals surface area contributed by atoms with E-state index in [0.717, 1.165) is 50.6 Å². The lowest BCUT2D eigenvalue weighted by molar-refractivity contribution is 0.179. The first kappa shape index (κ1) is 11.8. The van der Waals surface area contributed by atoms with E-state index in [1.807, 2.05) is 12.1 Å². The largest absolute Gasteiger partial charge is 0.491 e. The summed E-state index contributed by atoms with van der Waals surface area (Å²) in [6.45, 7) is 4.06. The monoisotopic (exact) mass is 248 g/mol. The second kappa shape index (κ2) is 4.78. The van der Waals surface area contributed by atoms with Crippen molar-refractivity contribution in [3.63, 3.8) is 0 Å². The van der Waals surface area contributed by atoms with E-state index in [4.69, 9.17) is 15.2 Å². The average Bonchev–Trinajstić information content (AvgIpc) is 2.70. The van der Waals surface area contributed by atoms with Gasteiger partial charge in [0.05, 0.1) is 24.4 Å². The Kier molecular flexibility index (Phi) is 3.14.